The molecule has 0 saturated heterocycles. The van der Waals surface area contributed by atoms with Gasteiger partial charge in [-0.15, -0.1) is 0 Å². The summed E-state index contributed by atoms with van der Waals surface area (Å²) in [6, 6.07) is 4.36. The van der Waals surface area contributed by atoms with Gasteiger partial charge in [-0.1, -0.05) is 6.07 Å². The van der Waals surface area contributed by atoms with Crippen molar-refractivity contribution in [1.29, 1.82) is 0 Å². The molecule has 1 aromatic rings. The molecule has 11 heavy (non-hydrogen) atoms. The topological polar surface area (TPSA) is 29.1 Å². The van der Waals surface area contributed by atoms with Gasteiger partial charge in [0, 0.05) is 12.6 Å². The number of carbonyl (C=O) groups excluding carboxylic acids is 1. The number of aldehydes is 1. The molecule has 0 bridgehead atoms. The average molecular weight is 153 g/mol. The van der Waals surface area contributed by atoms with Gasteiger partial charge in [0.15, 0.2) is 6.29 Å². The number of nitrogens with one attached hydrogen (secondary N) is 1. The minimum Gasteiger partial charge on any atom is -0.385 e. The minimum atomic E-state index is -0.405. The van der Waals surface area contributed by atoms with Crippen molar-refractivity contribution in [1.82, 2.24) is 0 Å². The molecule has 0 spiro atoms. The summed E-state index contributed by atoms with van der Waals surface area (Å²) in [4.78, 5) is 10.3. The van der Waals surface area contributed by atoms with Crippen molar-refractivity contribution in [2.24, 2.45) is 0 Å². The van der Waals surface area contributed by atoms with E-state index in [1.54, 1.807) is 13.1 Å². The van der Waals surface area contributed by atoms with Crippen LogP contribution in [0.5, 0.6) is 0 Å². The van der Waals surface area contributed by atoms with E-state index in [-0.39, 0.29) is 5.69 Å². The maximum Gasteiger partial charge on any atom is 0.152 e. The number of hydrogen-bond acceptors (Lipinski definition) is 2. The molecular weight excluding hydrogens is 145 g/mol. The largest absolute Gasteiger partial charge is 0.385 e. The lowest BCUT2D eigenvalue weighted by atomic mass is 10.2. The van der Waals surface area contributed by atoms with Crippen LogP contribution in [0.1, 0.15) is 10.4 Å². The zero-order valence-corrected chi connectivity index (χ0v) is 6.10. The molecule has 2 nitrogen and oxygen atoms in total. The Hall–Kier alpha value is -1.38. The van der Waals surface area contributed by atoms with Gasteiger partial charge >= 0.3 is 0 Å². The molecule has 3 heteroatoms. The molecule has 0 unspecified atom stereocenters. The molecule has 58 valence electrons. The van der Waals surface area contributed by atoms with Gasteiger partial charge < -0.3 is 5.32 Å². The maximum absolute atomic E-state index is 12.8. The summed E-state index contributed by atoms with van der Waals surface area (Å²) in [6.45, 7) is 0. The molecule has 0 amide bonds. The molecule has 0 radical (unpaired) electrons. The highest BCUT2D eigenvalue weighted by Crippen LogP contribution is 2.16. The second-order valence-electron chi connectivity index (χ2n) is 2.07. The molecule has 0 aliphatic heterocycles. The molecule has 0 aromatic heterocycles. The van der Waals surface area contributed by atoms with E-state index < -0.39 is 5.82 Å². The fraction of sp³-hybridized carbons (Fsp3) is 0.125. The SMILES string of the molecule is CNc1c(F)cccc1C=O. The molecule has 1 aromatic carbocycles. The maximum atomic E-state index is 12.8. The normalized spacial score (nSPS) is 9.27. The number of benzene rings is 1. The summed E-state index contributed by atoms with van der Waals surface area (Å²) in [5.41, 5.74) is 0.593. The van der Waals surface area contributed by atoms with Gasteiger partial charge in [0.2, 0.25) is 0 Å². The fourth-order valence-electron chi connectivity index (χ4n) is 0.903. The van der Waals surface area contributed by atoms with E-state index in [0.29, 0.717) is 11.8 Å². The number of anilines is 1. The van der Waals surface area contributed by atoms with Crippen LogP contribution in [0.15, 0.2) is 18.2 Å². The van der Waals surface area contributed by atoms with Gasteiger partial charge in [-0.3, -0.25) is 4.79 Å². The van der Waals surface area contributed by atoms with Crippen LogP contribution >= 0.6 is 0 Å². The van der Waals surface area contributed by atoms with E-state index in [2.05, 4.69) is 5.32 Å². The minimum absolute atomic E-state index is 0.252. The average Bonchev–Trinajstić information content (AvgIpc) is 2.04. The van der Waals surface area contributed by atoms with E-state index >= 15 is 0 Å². The third-order valence-electron chi connectivity index (χ3n) is 1.42. The van der Waals surface area contributed by atoms with Crippen molar-refractivity contribution in [3.05, 3.63) is 29.6 Å². The summed E-state index contributed by atoms with van der Waals surface area (Å²) >= 11 is 0. The van der Waals surface area contributed by atoms with Gasteiger partial charge in [-0.05, 0) is 12.1 Å². The molecular formula is C8H8FNO. The Morgan fingerprint density at radius 1 is 1.55 bits per heavy atom. The van der Waals surface area contributed by atoms with Gasteiger partial charge in [0.1, 0.15) is 5.82 Å². The number of halogens is 1. The van der Waals surface area contributed by atoms with Gasteiger partial charge in [-0.25, -0.2) is 4.39 Å². The Morgan fingerprint density at radius 3 is 2.73 bits per heavy atom. The van der Waals surface area contributed by atoms with E-state index in [1.165, 1.54) is 12.1 Å². The highest BCUT2D eigenvalue weighted by Gasteiger charge is 2.03. The number of hydrogen-bond donors (Lipinski definition) is 1. The predicted octanol–water partition coefficient (Wildman–Crippen LogP) is 1.68. The molecule has 0 fully saturated rings. The number of carbonyl (C=O) groups is 1. The van der Waals surface area contributed by atoms with E-state index in [9.17, 15) is 9.18 Å². The summed E-state index contributed by atoms with van der Waals surface area (Å²) < 4.78 is 12.8. The Kier molecular flexibility index (Phi) is 2.21. The zero-order chi connectivity index (χ0) is 8.27. The highest BCUT2D eigenvalue weighted by molar-refractivity contribution is 5.84. The molecule has 0 heterocycles. The molecule has 0 aliphatic rings. The first kappa shape index (κ1) is 7.72. The number of rotatable bonds is 2. The quantitative estimate of drug-likeness (QED) is 0.655. The lowest BCUT2D eigenvalue weighted by Crippen LogP contribution is -1.97. The van der Waals surface area contributed by atoms with E-state index in [1.807, 2.05) is 0 Å². The molecule has 1 rings (SSSR count). The van der Waals surface area contributed by atoms with Crippen molar-refractivity contribution in [3.63, 3.8) is 0 Å². The molecule has 0 aliphatic carbocycles. The standard InChI is InChI=1S/C8H8FNO/c1-10-8-6(5-11)3-2-4-7(8)9/h2-5,10H,1H3. The molecule has 0 atom stereocenters. The smallest absolute Gasteiger partial charge is 0.152 e. The van der Waals surface area contributed by atoms with Crippen molar-refractivity contribution in [2.45, 2.75) is 0 Å². The lowest BCUT2D eigenvalue weighted by Gasteiger charge is -2.03. The van der Waals surface area contributed by atoms with Gasteiger partial charge in [0.05, 0.1) is 5.69 Å². The predicted molar refractivity (Wildman–Crippen MR) is 41.3 cm³/mol. The second kappa shape index (κ2) is 3.14. The summed E-state index contributed by atoms with van der Waals surface area (Å²) in [5.74, 6) is -0.405. The van der Waals surface area contributed by atoms with Crippen molar-refractivity contribution in [2.75, 3.05) is 12.4 Å². The highest BCUT2D eigenvalue weighted by atomic mass is 19.1. The Balaban J connectivity index is 3.23. The zero-order valence-electron chi connectivity index (χ0n) is 6.10. The first-order valence-corrected chi connectivity index (χ1v) is 3.21. The fourth-order valence-corrected chi connectivity index (χ4v) is 0.903. The van der Waals surface area contributed by atoms with Crippen LogP contribution in [0.2, 0.25) is 0 Å². The van der Waals surface area contributed by atoms with Crippen molar-refractivity contribution < 1.29 is 9.18 Å². The lowest BCUT2D eigenvalue weighted by molar-refractivity contribution is 0.112. The Morgan fingerprint density at radius 2 is 2.27 bits per heavy atom. The number of para-hydroxylation sites is 1. The van der Waals surface area contributed by atoms with Crippen LogP contribution in [0, 0.1) is 5.82 Å². The first-order valence-electron chi connectivity index (χ1n) is 3.21. The Labute approximate surface area is 64.0 Å². The van der Waals surface area contributed by atoms with Crippen LogP contribution in [-0.4, -0.2) is 13.3 Å². The van der Waals surface area contributed by atoms with Crippen LogP contribution < -0.4 is 5.32 Å². The van der Waals surface area contributed by atoms with Gasteiger partial charge in [0.25, 0.3) is 0 Å². The summed E-state index contributed by atoms with van der Waals surface area (Å²) in [6.07, 6.45) is 0.620. The van der Waals surface area contributed by atoms with Crippen LogP contribution in [0.25, 0.3) is 0 Å². The van der Waals surface area contributed by atoms with Gasteiger partial charge in [-0.2, -0.15) is 0 Å². The monoisotopic (exact) mass is 153 g/mol. The summed E-state index contributed by atoms with van der Waals surface area (Å²) in [5, 5.41) is 2.61. The van der Waals surface area contributed by atoms with Crippen molar-refractivity contribution >= 4 is 12.0 Å². The molecule has 1 N–H and O–H groups in total. The van der Waals surface area contributed by atoms with Crippen molar-refractivity contribution in [3.8, 4) is 0 Å². The molecule has 0 saturated carbocycles. The third-order valence-corrected chi connectivity index (χ3v) is 1.42. The van der Waals surface area contributed by atoms with E-state index in [0.717, 1.165) is 0 Å². The van der Waals surface area contributed by atoms with Crippen LogP contribution in [0.4, 0.5) is 10.1 Å². The summed E-state index contributed by atoms with van der Waals surface area (Å²) in [7, 11) is 1.57. The third kappa shape index (κ3) is 1.37. The second-order valence-corrected chi connectivity index (χ2v) is 2.07. The van der Waals surface area contributed by atoms with E-state index in [4.69, 9.17) is 0 Å². The van der Waals surface area contributed by atoms with Crippen LogP contribution in [-0.2, 0) is 0 Å². The first-order chi connectivity index (χ1) is 5.29. The Bertz CT molecular complexity index is 273. The van der Waals surface area contributed by atoms with Crippen LogP contribution in [0.3, 0.4) is 0 Å².